The summed E-state index contributed by atoms with van der Waals surface area (Å²) in [5, 5.41) is 9.00. The molecule has 2 aromatic carbocycles. The Morgan fingerprint density at radius 1 is 1.06 bits per heavy atom. The number of thioether (sulfide) groups is 1. The van der Waals surface area contributed by atoms with Gasteiger partial charge in [0.1, 0.15) is 23.1 Å². The van der Waals surface area contributed by atoms with Crippen molar-refractivity contribution in [2.24, 2.45) is 0 Å². The van der Waals surface area contributed by atoms with Gasteiger partial charge in [0.25, 0.3) is 0 Å². The first-order valence-electron chi connectivity index (χ1n) is 9.74. The van der Waals surface area contributed by atoms with E-state index in [1.54, 1.807) is 48.1 Å². The monoisotopic (exact) mass is 459 g/mol. The second-order valence-electron chi connectivity index (χ2n) is 6.60. The molecule has 7 nitrogen and oxygen atoms in total. The normalized spacial score (nSPS) is 11.3. The summed E-state index contributed by atoms with van der Waals surface area (Å²) in [6.07, 6.45) is 2.51. The van der Waals surface area contributed by atoms with Crippen molar-refractivity contribution in [2.45, 2.75) is 28.8 Å². The number of methoxy groups -OCH3 is 1. The minimum Gasteiger partial charge on any atom is -0.497 e. The predicted octanol–water partition coefficient (Wildman–Crippen LogP) is 4.01. The van der Waals surface area contributed by atoms with Gasteiger partial charge in [0, 0.05) is 12.3 Å². The van der Waals surface area contributed by atoms with Gasteiger partial charge in [-0.1, -0.05) is 36.0 Å². The van der Waals surface area contributed by atoms with Gasteiger partial charge in [-0.15, -0.1) is 16.8 Å². The number of benzene rings is 2. The Kier molecular flexibility index (Phi) is 8.13. The molecule has 0 aliphatic heterocycles. The van der Waals surface area contributed by atoms with Crippen molar-refractivity contribution >= 4 is 21.6 Å². The predicted molar refractivity (Wildman–Crippen MR) is 121 cm³/mol. The quantitative estimate of drug-likeness (QED) is 0.230. The third-order valence-corrected chi connectivity index (χ3v) is 7.06. The van der Waals surface area contributed by atoms with E-state index in [1.807, 2.05) is 24.3 Å². The molecule has 0 spiro atoms. The van der Waals surface area contributed by atoms with Crippen LogP contribution in [0.2, 0.25) is 0 Å². The van der Waals surface area contributed by atoms with Crippen LogP contribution in [0.1, 0.15) is 12.2 Å². The maximum Gasteiger partial charge on any atom is 0.191 e. The molecule has 9 heteroatoms. The molecule has 0 atom stereocenters. The van der Waals surface area contributed by atoms with Crippen molar-refractivity contribution in [3.63, 3.8) is 0 Å². The molecular weight excluding hydrogens is 434 g/mol. The van der Waals surface area contributed by atoms with Crippen LogP contribution in [0.5, 0.6) is 11.5 Å². The van der Waals surface area contributed by atoms with E-state index in [0.29, 0.717) is 24.1 Å². The summed E-state index contributed by atoms with van der Waals surface area (Å²) in [5.41, 5.74) is 0. The van der Waals surface area contributed by atoms with Gasteiger partial charge >= 0.3 is 0 Å². The Labute approximate surface area is 187 Å². The summed E-state index contributed by atoms with van der Waals surface area (Å²) in [7, 11) is -1.88. The van der Waals surface area contributed by atoms with Crippen LogP contribution in [0.4, 0.5) is 0 Å². The zero-order valence-corrected chi connectivity index (χ0v) is 18.9. The summed E-state index contributed by atoms with van der Waals surface area (Å²) >= 11 is 1.52. The Morgan fingerprint density at radius 3 is 2.45 bits per heavy atom. The van der Waals surface area contributed by atoms with Crippen LogP contribution < -0.4 is 9.47 Å². The average Bonchev–Trinajstić information content (AvgIpc) is 3.15. The molecule has 0 N–H and O–H groups in total. The summed E-state index contributed by atoms with van der Waals surface area (Å²) < 4.78 is 38.1. The van der Waals surface area contributed by atoms with Gasteiger partial charge in [-0.3, -0.25) is 0 Å². The van der Waals surface area contributed by atoms with Gasteiger partial charge in [-0.25, -0.2) is 8.42 Å². The minimum absolute atomic E-state index is 0.209. The van der Waals surface area contributed by atoms with E-state index in [2.05, 4.69) is 16.8 Å². The van der Waals surface area contributed by atoms with Gasteiger partial charge < -0.3 is 14.0 Å². The lowest BCUT2D eigenvalue weighted by Crippen LogP contribution is -2.11. The van der Waals surface area contributed by atoms with E-state index in [4.69, 9.17) is 9.47 Å². The van der Waals surface area contributed by atoms with Crippen molar-refractivity contribution < 1.29 is 17.9 Å². The van der Waals surface area contributed by atoms with Gasteiger partial charge in [0.2, 0.25) is 0 Å². The lowest BCUT2D eigenvalue weighted by atomic mass is 10.3. The summed E-state index contributed by atoms with van der Waals surface area (Å²) in [5.74, 6) is 2.53. The van der Waals surface area contributed by atoms with E-state index in [-0.39, 0.29) is 10.6 Å². The summed E-state index contributed by atoms with van der Waals surface area (Å²) in [6.45, 7) is 4.77. The average molecular weight is 460 g/mol. The van der Waals surface area contributed by atoms with Crippen molar-refractivity contribution in [1.29, 1.82) is 0 Å². The van der Waals surface area contributed by atoms with Crippen molar-refractivity contribution in [1.82, 2.24) is 14.8 Å². The first kappa shape index (κ1) is 22.9. The number of rotatable bonds is 12. The molecule has 0 unspecified atom stereocenters. The highest BCUT2D eigenvalue weighted by Gasteiger charge is 2.21. The maximum atomic E-state index is 12.7. The number of aromatic nitrogens is 3. The van der Waals surface area contributed by atoms with E-state index in [9.17, 15) is 8.42 Å². The largest absolute Gasteiger partial charge is 0.497 e. The summed E-state index contributed by atoms with van der Waals surface area (Å²) in [4.78, 5) is 0.271. The van der Waals surface area contributed by atoms with Gasteiger partial charge in [0.05, 0.1) is 18.6 Å². The molecule has 0 saturated heterocycles. The molecule has 31 heavy (non-hydrogen) atoms. The highest BCUT2D eigenvalue weighted by Crippen LogP contribution is 2.22. The van der Waals surface area contributed by atoms with Crippen molar-refractivity contribution in [3.05, 3.63) is 73.1 Å². The molecule has 3 aromatic rings. The standard InChI is InChI=1S/C22H25N3O4S2/c1-3-14-25-21(17-31(26,27)20-8-5-4-6-9-20)23-24-22(25)30-16-7-15-29-19-12-10-18(28-2)11-13-19/h3-6,8-13H,1,7,14-17H2,2H3. The first-order valence-corrected chi connectivity index (χ1v) is 12.4. The fourth-order valence-electron chi connectivity index (χ4n) is 2.81. The van der Waals surface area contributed by atoms with Gasteiger partial charge in [-0.2, -0.15) is 0 Å². The molecule has 0 bridgehead atoms. The Hall–Kier alpha value is -2.78. The highest BCUT2D eigenvalue weighted by atomic mass is 32.2. The molecule has 1 heterocycles. The maximum absolute atomic E-state index is 12.7. The second kappa shape index (κ2) is 11.0. The zero-order chi connectivity index (χ0) is 22.1. The van der Waals surface area contributed by atoms with Gasteiger partial charge in [0.15, 0.2) is 15.0 Å². The van der Waals surface area contributed by atoms with E-state index >= 15 is 0 Å². The molecular formula is C22H25N3O4S2. The lowest BCUT2D eigenvalue weighted by Gasteiger charge is -2.09. The lowest BCUT2D eigenvalue weighted by molar-refractivity contribution is 0.318. The molecule has 0 saturated carbocycles. The van der Waals surface area contributed by atoms with Gasteiger partial charge in [-0.05, 0) is 42.8 Å². The third kappa shape index (κ3) is 6.35. The van der Waals surface area contributed by atoms with Crippen LogP contribution in [-0.2, 0) is 22.1 Å². The number of hydrogen-bond acceptors (Lipinski definition) is 7. The smallest absolute Gasteiger partial charge is 0.191 e. The van der Waals surface area contributed by atoms with Crippen LogP contribution >= 0.6 is 11.8 Å². The highest BCUT2D eigenvalue weighted by molar-refractivity contribution is 7.99. The van der Waals surface area contributed by atoms with Crippen LogP contribution in [0.3, 0.4) is 0 Å². The SMILES string of the molecule is C=CCn1c(CS(=O)(=O)c2ccccc2)nnc1SCCCOc1ccc(OC)cc1. The molecule has 0 aliphatic rings. The summed E-state index contributed by atoms with van der Waals surface area (Å²) in [6, 6.07) is 15.8. The molecule has 0 amide bonds. The van der Waals surface area contributed by atoms with Crippen molar-refractivity contribution in [3.8, 4) is 11.5 Å². The third-order valence-electron chi connectivity index (χ3n) is 4.37. The van der Waals surface area contributed by atoms with E-state index in [0.717, 1.165) is 23.7 Å². The van der Waals surface area contributed by atoms with Crippen LogP contribution in [0.25, 0.3) is 0 Å². The topological polar surface area (TPSA) is 83.3 Å². The molecule has 0 fully saturated rings. The minimum atomic E-state index is -3.50. The van der Waals surface area contributed by atoms with E-state index in [1.165, 1.54) is 11.8 Å². The Bertz CT molecular complexity index is 1080. The molecule has 0 radical (unpaired) electrons. The van der Waals surface area contributed by atoms with Crippen LogP contribution in [0.15, 0.2) is 77.3 Å². The number of ether oxygens (including phenoxy) is 2. The fourth-order valence-corrected chi connectivity index (χ4v) is 4.98. The number of nitrogens with zero attached hydrogens (tertiary/aromatic N) is 3. The first-order chi connectivity index (χ1) is 15.0. The fraction of sp³-hybridized carbons (Fsp3) is 0.273. The molecule has 0 aliphatic carbocycles. The Balaban J connectivity index is 1.56. The van der Waals surface area contributed by atoms with Crippen LogP contribution in [-0.4, -0.2) is 42.7 Å². The van der Waals surface area contributed by atoms with E-state index < -0.39 is 9.84 Å². The molecule has 3 rings (SSSR count). The number of allylic oxidation sites excluding steroid dienone is 1. The Morgan fingerprint density at radius 2 is 1.77 bits per heavy atom. The zero-order valence-electron chi connectivity index (χ0n) is 17.3. The number of sulfone groups is 1. The second-order valence-corrected chi connectivity index (χ2v) is 9.65. The molecule has 1 aromatic heterocycles. The van der Waals surface area contributed by atoms with Crippen LogP contribution in [0, 0.1) is 0 Å². The molecule has 164 valence electrons. The van der Waals surface area contributed by atoms with Crippen molar-refractivity contribution in [2.75, 3.05) is 19.5 Å². The number of hydrogen-bond donors (Lipinski definition) is 0.